The maximum Gasteiger partial charge on any atom is 0.337 e. The monoisotopic (exact) mass is 323 g/mol. The van der Waals surface area contributed by atoms with Crippen molar-refractivity contribution in [3.8, 4) is 0 Å². The first-order chi connectivity index (χ1) is 10.0. The quantitative estimate of drug-likeness (QED) is 0.673. The van der Waals surface area contributed by atoms with Crippen LogP contribution in [0.4, 0.5) is 0 Å². The van der Waals surface area contributed by atoms with Crippen LogP contribution in [0, 0.1) is 0 Å². The minimum Gasteiger partial charge on any atom is -0.454 e. The van der Waals surface area contributed by atoms with Crippen molar-refractivity contribution in [2.45, 2.75) is 19.1 Å². The number of aliphatic hydroxyl groups excluding tert-OH is 1. The lowest BCUT2D eigenvalue weighted by Gasteiger charge is -2.17. The highest BCUT2D eigenvalue weighted by Gasteiger charge is 2.24. The first-order valence-electron chi connectivity index (χ1n) is 6.22. The standard InChI is InChI=1S/C15H14ClNO3S/c1-9(13(18)14-17-7-8-21-14)15(19)20-10(2)11-5-3-4-6-12(11)16/h3-8,10,13,18H,1H2,2H3. The van der Waals surface area contributed by atoms with Gasteiger partial charge in [0.05, 0.1) is 5.57 Å². The maximum atomic E-state index is 12.0. The average molecular weight is 324 g/mol. The largest absolute Gasteiger partial charge is 0.454 e. The Balaban J connectivity index is 2.04. The molecule has 0 spiro atoms. The molecule has 1 heterocycles. The molecule has 0 aliphatic carbocycles. The van der Waals surface area contributed by atoms with Gasteiger partial charge in [-0.25, -0.2) is 9.78 Å². The molecule has 1 N–H and O–H groups in total. The van der Waals surface area contributed by atoms with Crippen LogP contribution in [0.3, 0.4) is 0 Å². The van der Waals surface area contributed by atoms with Gasteiger partial charge in [0.1, 0.15) is 17.2 Å². The van der Waals surface area contributed by atoms with E-state index in [1.54, 1.807) is 36.7 Å². The van der Waals surface area contributed by atoms with Crippen molar-refractivity contribution < 1.29 is 14.6 Å². The van der Waals surface area contributed by atoms with Crippen molar-refractivity contribution in [2.24, 2.45) is 0 Å². The topological polar surface area (TPSA) is 59.4 Å². The molecule has 2 unspecified atom stereocenters. The van der Waals surface area contributed by atoms with E-state index in [2.05, 4.69) is 11.6 Å². The van der Waals surface area contributed by atoms with Crippen LogP contribution in [0.25, 0.3) is 0 Å². The number of aromatic nitrogens is 1. The summed E-state index contributed by atoms with van der Waals surface area (Å²) in [6.07, 6.45) is -0.142. The summed E-state index contributed by atoms with van der Waals surface area (Å²) in [6.45, 7) is 5.30. The van der Waals surface area contributed by atoms with Crippen molar-refractivity contribution in [2.75, 3.05) is 0 Å². The van der Waals surface area contributed by atoms with Gasteiger partial charge >= 0.3 is 5.97 Å². The fourth-order valence-corrected chi connectivity index (χ4v) is 2.68. The summed E-state index contributed by atoms with van der Waals surface area (Å²) in [5.41, 5.74) is 0.646. The van der Waals surface area contributed by atoms with Crippen molar-refractivity contribution >= 4 is 28.9 Å². The SMILES string of the molecule is C=C(C(=O)OC(C)c1ccccc1Cl)C(O)c1nccs1. The molecular formula is C15H14ClNO3S. The van der Waals surface area contributed by atoms with E-state index in [4.69, 9.17) is 16.3 Å². The predicted octanol–water partition coefficient (Wildman–Crippen LogP) is 3.69. The van der Waals surface area contributed by atoms with Gasteiger partial charge in [0.15, 0.2) is 0 Å². The Morgan fingerprint density at radius 1 is 1.48 bits per heavy atom. The first kappa shape index (κ1) is 15.7. The number of carbonyl (C=O) groups excluding carboxylic acids is 1. The Labute approximate surface area is 131 Å². The van der Waals surface area contributed by atoms with Gasteiger partial charge in [-0.2, -0.15) is 0 Å². The number of ether oxygens (including phenoxy) is 1. The zero-order chi connectivity index (χ0) is 15.4. The number of hydrogen-bond donors (Lipinski definition) is 1. The summed E-state index contributed by atoms with van der Waals surface area (Å²) >= 11 is 7.30. The molecule has 1 aromatic heterocycles. The first-order valence-corrected chi connectivity index (χ1v) is 7.48. The molecule has 0 aliphatic rings. The van der Waals surface area contributed by atoms with Gasteiger partial charge in [-0.1, -0.05) is 36.4 Å². The molecule has 2 rings (SSSR count). The number of nitrogens with zero attached hydrogens (tertiary/aromatic N) is 1. The van der Waals surface area contributed by atoms with Crippen LogP contribution in [0.15, 0.2) is 48.0 Å². The number of rotatable bonds is 5. The Kier molecular flexibility index (Phi) is 5.12. The van der Waals surface area contributed by atoms with Gasteiger partial charge in [-0.05, 0) is 13.0 Å². The summed E-state index contributed by atoms with van der Waals surface area (Å²) < 4.78 is 5.29. The predicted molar refractivity (Wildman–Crippen MR) is 82.2 cm³/mol. The van der Waals surface area contributed by atoms with Gasteiger partial charge in [0, 0.05) is 22.2 Å². The normalized spacial score (nSPS) is 13.5. The third-order valence-electron chi connectivity index (χ3n) is 2.90. The van der Waals surface area contributed by atoms with Gasteiger partial charge in [-0.3, -0.25) is 0 Å². The van der Waals surface area contributed by atoms with E-state index in [-0.39, 0.29) is 5.57 Å². The highest BCUT2D eigenvalue weighted by Crippen LogP contribution is 2.28. The molecule has 0 aliphatic heterocycles. The zero-order valence-corrected chi connectivity index (χ0v) is 12.9. The Bertz CT molecular complexity index is 642. The number of esters is 1. The van der Waals surface area contributed by atoms with E-state index in [1.165, 1.54) is 11.3 Å². The molecule has 2 aromatic rings. The van der Waals surface area contributed by atoms with Crippen LogP contribution >= 0.6 is 22.9 Å². The van der Waals surface area contributed by atoms with E-state index in [1.807, 2.05) is 6.07 Å². The second-order valence-corrected chi connectivity index (χ2v) is 5.70. The van der Waals surface area contributed by atoms with Crippen LogP contribution in [0.1, 0.15) is 29.7 Å². The second-order valence-electron chi connectivity index (χ2n) is 4.37. The number of halogens is 1. The average Bonchev–Trinajstić information content (AvgIpc) is 3.00. The van der Waals surface area contributed by atoms with Crippen LogP contribution in [-0.4, -0.2) is 16.1 Å². The lowest BCUT2D eigenvalue weighted by atomic mass is 10.1. The summed E-state index contributed by atoms with van der Waals surface area (Å²) in [7, 11) is 0. The summed E-state index contributed by atoms with van der Waals surface area (Å²) in [5, 5.41) is 12.6. The summed E-state index contributed by atoms with van der Waals surface area (Å²) in [6, 6.07) is 7.11. The zero-order valence-electron chi connectivity index (χ0n) is 11.3. The molecule has 0 fully saturated rings. The van der Waals surface area contributed by atoms with E-state index < -0.39 is 18.2 Å². The lowest BCUT2D eigenvalue weighted by molar-refractivity contribution is -0.145. The summed E-state index contributed by atoms with van der Waals surface area (Å²) in [5.74, 6) is -0.676. The number of thiazole rings is 1. The molecule has 0 radical (unpaired) electrons. The molecular weight excluding hydrogens is 310 g/mol. The third-order valence-corrected chi connectivity index (χ3v) is 4.08. The number of carbonyl (C=O) groups is 1. The molecule has 21 heavy (non-hydrogen) atoms. The molecule has 0 amide bonds. The van der Waals surface area contributed by atoms with Gasteiger partial charge in [0.2, 0.25) is 0 Å². The Morgan fingerprint density at radius 2 is 2.19 bits per heavy atom. The maximum absolute atomic E-state index is 12.0. The van der Waals surface area contributed by atoms with Crippen LogP contribution in [0.5, 0.6) is 0 Å². The van der Waals surface area contributed by atoms with Crippen molar-refractivity contribution in [3.05, 3.63) is 63.6 Å². The van der Waals surface area contributed by atoms with E-state index in [0.717, 1.165) is 0 Å². The molecule has 2 atom stereocenters. The van der Waals surface area contributed by atoms with Gasteiger partial charge < -0.3 is 9.84 Å². The highest BCUT2D eigenvalue weighted by atomic mass is 35.5. The van der Waals surface area contributed by atoms with Crippen molar-refractivity contribution in [1.29, 1.82) is 0 Å². The molecule has 0 bridgehead atoms. The second kappa shape index (κ2) is 6.85. The van der Waals surface area contributed by atoms with E-state index >= 15 is 0 Å². The molecule has 0 saturated carbocycles. The summed E-state index contributed by atoms with van der Waals surface area (Å²) in [4.78, 5) is 16.0. The number of hydrogen-bond acceptors (Lipinski definition) is 5. The molecule has 0 saturated heterocycles. The molecule has 1 aromatic carbocycles. The van der Waals surface area contributed by atoms with E-state index in [9.17, 15) is 9.90 Å². The van der Waals surface area contributed by atoms with Crippen LogP contribution in [-0.2, 0) is 9.53 Å². The van der Waals surface area contributed by atoms with Gasteiger partial charge in [-0.15, -0.1) is 11.3 Å². The minimum atomic E-state index is -1.16. The van der Waals surface area contributed by atoms with Gasteiger partial charge in [0.25, 0.3) is 0 Å². The molecule has 4 nitrogen and oxygen atoms in total. The van der Waals surface area contributed by atoms with Crippen molar-refractivity contribution in [1.82, 2.24) is 4.98 Å². The fourth-order valence-electron chi connectivity index (χ4n) is 1.73. The lowest BCUT2D eigenvalue weighted by Crippen LogP contribution is -2.16. The minimum absolute atomic E-state index is 0.0520. The fraction of sp³-hybridized carbons (Fsp3) is 0.200. The number of aliphatic hydroxyl groups is 1. The highest BCUT2D eigenvalue weighted by molar-refractivity contribution is 7.09. The van der Waals surface area contributed by atoms with E-state index in [0.29, 0.717) is 15.6 Å². The Hall–Kier alpha value is -1.69. The van der Waals surface area contributed by atoms with Crippen molar-refractivity contribution in [3.63, 3.8) is 0 Å². The molecule has 110 valence electrons. The van der Waals surface area contributed by atoms with Crippen LogP contribution in [0.2, 0.25) is 5.02 Å². The number of benzene rings is 1. The van der Waals surface area contributed by atoms with Crippen LogP contribution < -0.4 is 0 Å². The third kappa shape index (κ3) is 3.69. The molecule has 6 heteroatoms. The smallest absolute Gasteiger partial charge is 0.337 e. The Morgan fingerprint density at radius 3 is 2.81 bits per heavy atom.